The van der Waals surface area contributed by atoms with Crippen LogP contribution in [0.3, 0.4) is 0 Å². The lowest BCUT2D eigenvalue weighted by Gasteiger charge is -2.13. The van der Waals surface area contributed by atoms with E-state index in [-0.39, 0.29) is 0 Å². The number of para-hydroxylation sites is 3. The van der Waals surface area contributed by atoms with Gasteiger partial charge >= 0.3 is 0 Å². The van der Waals surface area contributed by atoms with E-state index < -0.39 is 0 Å². The molecule has 0 saturated heterocycles. The first-order valence-corrected chi connectivity index (χ1v) is 20.3. The maximum absolute atomic E-state index is 11.0. The SMILES string of the molecule is [C-]#[N+]c1ccc2c(c1)c1cc(C#N)ccc1n2-c1nc(-c2ccccc2)nc(-c2ccc(-n3c4ccccc4c4c5c6ccccc6n(-c6ccccc6)c5ccc43)c(C#N)c2)n1. The Labute approximate surface area is 359 Å². The van der Waals surface area contributed by atoms with Crippen LogP contribution in [-0.2, 0) is 0 Å². The van der Waals surface area contributed by atoms with Gasteiger partial charge in [-0.2, -0.15) is 20.5 Å². The van der Waals surface area contributed by atoms with Crippen molar-refractivity contribution in [2.45, 2.75) is 0 Å². The minimum absolute atomic E-state index is 0.364. The molecule has 0 aliphatic rings. The molecule has 0 bridgehead atoms. The van der Waals surface area contributed by atoms with Crippen LogP contribution in [0.5, 0.6) is 0 Å². The first-order valence-electron chi connectivity index (χ1n) is 20.3. The summed E-state index contributed by atoms with van der Waals surface area (Å²) in [6.07, 6.45) is 0. The van der Waals surface area contributed by atoms with Crippen molar-refractivity contribution in [1.29, 1.82) is 10.5 Å². The summed E-state index contributed by atoms with van der Waals surface area (Å²) in [5.41, 5.74) is 10.5. The van der Waals surface area contributed by atoms with Gasteiger partial charge in [-0.15, -0.1) is 0 Å². The number of fused-ring (bicyclic) bond motifs is 10. The molecule has 4 heterocycles. The van der Waals surface area contributed by atoms with Gasteiger partial charge in [0.1, 0.15) is 6.07 Å². The van der Waals surface area contributed by atoms with Gasteiger partial charge in [0.15, 0.2) is 17.3 Å². The molecule has 8 aromatic carbocycles. The molecule has 12 aromatic rings. The summed E-state index contributed by atoms with van der Waals surface area (Å²) in [6.45, 7) is 7.70. The van der Waals surface area contributed by atoms with Gasteiger partial charge in [-0.3, -0.25) is 4.57 Å². The third-order valence-electron chi connectivity index (χ3n) is 12.0. The minimum Gasteiger partial charge on any atom is -0.309 e. The topological polar surface area (TPSA) is 105 Å². The number of rotatable bonds is 5. The third kappa shape index (κ3) is 5.36. The number of benzene rings is 8. The van der Waals surface area contributed by atoms with Gasteiger partial charge in [-0.1, -0.05) is 91.0 Å². The number of hydrogen-bond donors (Lipinski definition) is 0. The normalized spacial score (nSPS) is 11.4. The average molecular weight is 804 g/mol. The summed E-state index contributed by atoms with van der Waals surface area (Å²) >= 11 is 0. The fourth-order valence-corrected chi connectivity index (χ4v) is 9.27. The van der Waals surface area contributed by atoms with E-state index in [0.29, 0.717) is 40.0 Å². The van der Waals surface area contributed by atoms with Crippen LogP contribution in [0.25, 0.3) is 110 Å². The monoisotopic (exact) mass is 803 g/mol. The second-order valence-corrected chi connectivity index (χ2v) is 15.4. The molecule has 0 atom stereocenters. The lowest BCUT2D eigenvalue weighted by Crippen LogP contribution is -2.07. The third-order valence-corrected chi connectivity index (χ3v) is 12.0. The Morgan fingerprint density at radius 3 is 1.70 bits per heavy atom. The second kappa shape index (κ2) is 13.9. The van der Waals surface area contributed by atoms with Crippen LogP contribution >= 0.6 is 0 Å². The van der Waals surface area contributed by atoms with Gasteiger partial charge in [0.25, 0.3) is 0 Å². The fourth-order valence-electron chi connectivity index (χ4n) is 9.27. The fraction of sp³-hybridized carbons (Fsp3) is 0. The molecule has 9 nitrogen and oxygen atoms in total. The standard InChI is InChI=1S/C54H29N9/c1-57-37-22-25-47-42(30-37)41-28-33(31-55)20-23-46(41)63(47)54-59-52(34-12-4-2-5-13-34)58-53(60-54)35-21-24-43(36(29-35)32-56)62-45-19-11-9-17-40(45)51-49(62)27-26-48-50(51)39-16-8-10-18-44(39)61(48)38-14-6-3-7-15-38/h2-30H. The van der Waals surface area contributed by atoms with Gasteiger partial charge in [-0.05, 0) is 90.3 Å². The van der Waals surface area contributed by atoms with E-state index in [1.165, 1.54) is 0 Å². The molecule has 0 unspecified atom stereocenters. The molecule has 0 N–H and O–H groups in total. The number of nitrogens with zero attached hydrogens (tertiary/aromatic N) is 9. The van der Waals surface area contributed by atoms with Crippen molar-refractivity contribution in [2.75, 3.05) is 0 Å². The van der Waals surface area contributed by atoms with Crippen molar-refractivity contribution in [3.05, 3.63) is 198 Å². The molecule has 9 heteroatoms. The van der Waals surface area contributed by atoms with Gasteiger partial charge < -0.3 is 9.13 Å². The molecule has 0 aliphatic heterocycles. The Morgan fingerprint density at radius 2 is 1.02 bits per heavy atom. The Bertz CT molecular complexity index is 3930. The first kappa shape index (κ1) is 35.6. The Kier molecular flexibility index (Phi) is 7.83. The molecule has 0 amide bonds. The van der Waals surface area contributed by atoms with E-state index in [2.05, 4.69) is 105 Å². The summed E-state index contributed by atoms with van der Waals surface area (Å²) in [6, 6.07) is 63.0. The summed E-state index contributed by atoms with van der Waals surface area (Å²) in [5, 5.41) is 26.9. The van der Waals surface area contributed by atoms with Crippen molar-refractivity contribution < 1.29 is 0 Å². The molecule has 63 heavy (non-hydrogen) atoms. The highest BCUT2D eigenvalue weighted by Gasteiger charge is 2.23. The Hall–Kier alpha value is -9.36. The predicted octanol–water partition coefficient (Wildman–Crippen LogP) is 12.8. The van der Waals surface area contributed by atoms with E-state index in [4.69, 9.17) is 21.5 Å². The second-order valence-electron chi connectivity index (χ2n) is 15.4. The summed E-state index contributed by atoms with van der Waals surface area (Å²) in [4.78, 5) is 18.8. The zero-order valence-electron chi connectivity index (χ0n) is 33.3. The molecule has 0 aliphatic carbocycles. The molecule has 12 rings (SSSR count). The highest BCUT2D eigenvalue weighted by Crippen LogP contribution is 2.43. The lowest BCUT2D eigenvalue weighted by atomic mass is 10.1. The van der Waals surface area contributed by atoms with Crippen molar-refractivity contribution in [2.24, 2.45) is 0 Å². The summed E-state index contributed by atoms with van der Waals surface area (Å²) < 4.78 is 6.47. The van der Waals surface area contributed by atoms with Crippen LogP contribution in [0, 0.1) is 29.2 Å². The highest BCUT2D eigenvalue weighted by molar-refractivity contribution is 6.29. The quantitative estimate of drug-likeness (QED) is 0.161. The van der Waals surface area contributed by atoms with Gasteiger partial charge in [0.05, 0.1) is 62.6 Å². The van der Waals surface area contributed by atoms with E-state index in [1.54, 1.807) is 12.1 Å². The zero-order chi connectivity index (χ0) is 42.2. The first-order chi connectivity index (χ1) is 31.1. The van der Waals surface area contributed by atoms with Gasteiger partial charge in [0.2, 0.25) is 5.95 Å². The molecular weight excluding hydrogens is 775 g/mol. The van der Waals surface area contributed by atoms with Crippen LogP contribution in [0.4, 0.5) is 5.69 Å². The van der Waals surface area contributed by atoms with E-state index in [9.17, 15) is 10.5 Å². The molecule has 4 aromatic heterocycles. The van der Waals surface area contributed by atoms with Crippen LogP contribution < -0.4 is 0 Å². The Balaban J connectivity index is 1.08. The van der Waals surface area contributed by atoms with Crippen LogP contribution in [-0.4, -0.2) is 28.7 Å². The van der Waals surface area contributed by atoms with Crippen molar-refractivity contribution in [3.63, 3.8) is 0 Å². The summed E-state index contributed by atoms with van der Waals surface area (Å²) in [7, 11) is 0. The van der Waals surface area contributed by atoms with Crippen molar-refractivity contribution >= 4 is 71.1 Å². The summed E-state index contributed by atoms with van der Waals surface area (Å²) in [5.74, 6) is 1.21. The van der Waals surface area contributed by atoms with Gasteiger partial charge in [-0.25, -0.2) is 9.83 Å². The van der Waals surface area contributed by atoms with Gasteiger partial charge in [0, 0.05) is 43.7 Å². The Morgan fingerprint density at radius 1 is 0.444 bits per heavy atom. The highest BCUT2D eigenvalue weighted by atomic mass is 15.2. The van der Waals surface area contributed by atoms with Crippen molar-refractivity contribution in [3.8, 4) is 52.2 Å². The molecule has 0 spiro atoms. The van der Waals surface area contributed by atoms with Crippen LogP contribution in [0.2, 0.25) is 0 Å². The van der Waals surface area contributed by atoms with Crippen molar-refractivity contribution in [1.82, 2.24) is 28.7 Å². The smallest absolute Gasteiger partial charge is 0.238 e. The zero-order valence-corrected chi connectivity index (χ0v) is 33.3. The average Bonchev–Trinajstić information content (AvgIpc) is 3.99. The maximum Gasteiger partial charge on any atom is 0.238 e. The molecule has 0 radical (unpaired) electrons. The van der Waals surface area contributed by atoms with E-state index in [0.717, 1.165) is 82.4 Å². The number of hydrogen-bond acceptors (Lipinski definition) is 5. The largest absolute Gasteiger partial charge is 0.309 e. The molecule has 0 saturated carbocycles. The molecular formula is C54H29N9. The molecule has 0 fully saturated rings. The maximum atomic E-state index is 11.0. The molecule has 290 valence electrons. The minimum atomic E-state index is 0.364. The number of aromatic nitrogens is 6. The predicted molar refractivity (Wildman–Crippen MR) is 249 cm³/mol. The van der Waals surface area contributed by atoms with E-state index in [1.807, 2.05) is 89.5 Å². The van der Waals surface area contributed by atoms with Crippen LogP contribution in [0.1, 0.15) is 11.1 Å². The van der Waals surface area contributed by atoms with E-state index >= 15 is 0 Å². The lowest BCUT2D eigenvalue weighted by molar-refractivity contribution is 0.953. The van der Waals surface area contributed by atoms with Crippen LogP contribution in [0.15, 0.2) is 176 Å². The number of nitriles is 2.